The van der Waals surface area contributed by atoms with E-state index in [-0.39, 0.29) is 79.0 Å². The lowest BCUT2D eigenvalue weighted by atomic mass is 9.83. The van der Waals surface area contributed by atoms with Crippen molar-refractivity contribution in [2.45, 2.75) is 151 Å². The molecular weight excluding hydrogens is 839 g/mol. The van der Waals surface area contributed by atoms with Crippen LogP contribution in [-0.4, -0.2) is 133 Å². The highest BCUT2D eigenvalue weighted by atomic mass is 33.1. The molecule has 1 aliphatic rings. The van der Waals surface area contributed by atoms with E-state index in [0.29, 0.717) is 31.1 Å². The first kappa shape index (κ1) is 56.5. The smallest absolute Gasteiger partial charge is 0.410 e. The second kappa shape index (κ2) is 28.4. The topological polar surface area (TPSA) is 143 Å². The van der Waals surface area contributed by atoms with Crippen molar-refractivity contribution in [3.05, 3.63) is 35.9 Å². The van der Waals surface area contributed by atoms with Crippen LogP contribution in [0.3, 0.4) is 0 Å². The molecule has 12 nitrogen and oxygen atoms in total. The molecule has 1 heterocycles. The summed E-state index contributed by atoms with van der Waals surface area (Å²) < 4.78 is 17.6. The summed E-state index contributed by atoms with van der Waals surface area (Å²) in [5.74, 6) is -0.204. The van der Waals surface area contributed by atoms with Crippen LogP contribution in [0.2, 0.25) is 0 Å². The number of likely N-dealkylation sites (tertiary alicyclic amines) is 1. The van der Waals surface area contributed by atoms with Gasteiger partial charge in [0.15, 0.2) is 5.78 Å². The predicted octanol–water partition coefficient (Wildman–Crippen LogP) is 8.99. The molecule has 3 amide bonds. The Bertz CT molecular complexity index is 1550. The van der Waals surface area contributed by atoms with Crippen molar-refractivity contribution in [3.8, 4) is 0 Å². The Labute approximate surface area is 388 Å². The highest BCUT2D eigenvalue weighted by molar-refractivity contribution is 8.76. The summed E-state index contributed by atoms with van der Waals surface area (Å²) in [5, 5.41) is 11.0. The number of Topliss-reactive ketones (excluding diaryl/α,β-unsaturated/α-hetero) is 2. The van der Waals surface area contributed by atoms with Gasteiger partial charge < -0.3 is 34.0 Å². The molecule has 1 fully saturated rings. The lowest BCUT2D eigenvalue weighted by Gasteiger charge is -2.41. The number of ether oxygens (including phenoxy) is 3. The first-order chi connectivity index (χ1) is 29.7. The van der Waals surface area contributed by atoms with Gasteiger partial charge in [0.2, 0.25) is 11.8 Å². The average Bonchev–Trinajstić information content (AvgIpc) is 3.74. The number of methoxy groups -OCH3 is 2. The molecule has 10 atom stereocenters. The fraction of sp³-hybridized carbons (Fsp3) is 0.776. The maximum atomic E-state index is 14.6. The van der Waals surface area contributed by atoms with Crippen LogP contribution in [0, 0.1) is 41.4 Å². The molecule has 360 valence electrons. The summed E-state index contributed by atoms with van der Waals surface area (Å²) in [6.07, 6.45) is 0.885. The Morgan fingerprint density at radius 3 is 2.00 bits per heavy atom. The van der Waals surface area contributed by atoms with Crippen molar-refractivity contribution in [1.82, 2.24) is 14.7 Å². The van der Waals surface area contributed by atoms with Crippen molar-refractivity contribution in [3.63, 3.8) is 0 Å². The van der Waals surface area contributed by atoms with E-state index in [2.05, 4.69) is 13.8 Å². The van der Waals surface area contributed by atoms with Crippen LogP contribution in [-0.2, 0) is 33.4 Å². The number of benzene rings is 1. The Morgan fingerprint density at radius 2 is 1.44 bits per heavy atom. The van der Waals surface area contributed by atoms with Crippen LogP contribution in [0.25, 0.3) is 0 Å². The number of rotatable bonds is 29. The Hall–Kier alpha value is -2.65. The molecule has 0 spiro atoms. The van der Waals surface area contributed by atoms with Gasteiger partial charge in [-0.25, -0.2) is 4.79 Å². The Kier molecular flexibility index (Phi) is 25.5. The second-order valence-corrected chi connectivity index (χ2v) is 21.6. The molecule has 2 rings (SSSR count). The highest BCUT2D eigenvalue weighted by Gasteiger charge is 2.43. The van der Waals surface area contributed by atoms with Gasteiger partial charge in [0.1, 0.15) is 12.4 Å². The summed E-state index contributed by atoms with van der Waals surface area (Å²) in [5.41, 5.74) is 0.763. The van der Waals surface area contributed by atoms with Gasteiger partial charge in [-0.15, -0.1) is 0 Å². The van der Waals surface area contributed by atoms with Crippen molar-refractivity contribution in [2.24, 2.45) is 41.4 Å². The van der Waals surface area contributed by atoms with Crippen molar-refractivity contribution < 1.29 is 43.3 Å². The maximum Gasteiger partial charge on any atom is 0.410 e. The highest BCUT2D eigenvalue weighted by Crippen LogP contribution is 2.33. The van der Waals surface area contributed by atoms with Gasteiger partial charge in [0.05, 0.1) is 42.9 Å². The number of hydrogen-bond acceptors (Lipinski definition) is 11. The van der Waals surface area contributed by atoms with Gasteiger partial charge in [0, 0.05) is 71.0 Å². The largest absolute Gasteiger partial charge is 0.448 e. The minimum atomic E-state index is -0.782. The minimum absolute atomic E-state index is 0.0153. The molecule has 1 saturated heterocycles. The van der Waals surface area contributed by atoms with E-state index in [1.807, 2.05) is 90.6 Å². The number of nitrogens with zero attached hydrogens (tertiary/aromatic N) is 3. The maximum absolute atomic E-state index is 14.6. The molecule has 1 N–H and O–H groups in total. The second-order valence-electron chi connectivity index (χ2n) is 18.9. The van der Waals surface area contributed by atoms with E-state index < -0.39 is 48.3 Å². The molecule has 63 heavy (non-hydrogen) atoms. The van der Waals surface area contributed by atoms with E-state index in [1.165, 1.54) is 4.90 Å². The molecular formula is C49H83N3O9S2. The molecule has 0 aromatic heterocycles. The first-order valence-electron chi connectivity index (χ1n) is 23.3. The fourth-order valence-corrected chi connectivity index (χ4v) is 11.1. The quantitative estimate of drug-likeness (QED) is 0.0608. The third kappa shape index (κ3) is 16.9. The molecule has 0 unspecified atom stereocenters. The normalized spacial score (nSPS) is 18.6. The number of carbonyl (C=O) groups excluding carboxylic acids is 5. The molecule has 0 aliphatic carbocycles. The minimum Gasteiger partial charge on any atom is -0.448 e. The van der Waals surface area contributed by atoms with Crippen molar-refractivity contribution in [1.29, 1.82) is 0 Å². The Balaban J connectivity index is 2.20. The van der Waals surface area contributed by atoms with Gasteiger partial charge in [-0.1, -0.05) is 128 Å². The van der Waals surface area contributed by atoms with E-state index in [0.717, 1.165) is 24.2 Å². The number of ketones is 2. The van der Waals surface area contributed by atoms with Gasteiger partial charge in [-0.3, -0.25) is 19.2 Å². The number of likely N-dealkylation sites (N-methyl/N-ethyl adjacent to an activating group) is 2. The summed E-state index contributed by atoms with van der Waals surface area (Å²) in [6.45, 7) is 20.6. The fourth-order valence-electron chi connectivity index (χ4n) is 8.96. The summed E-state index contributed by atoms with van der Waals surface area (Å²) >= 11 is 0. The third-order valence-electron chi connectivity index (χ3n) is 13.0. The van der Waals surface area contributed by atoms with Crippen LogP contribution in [0.15, 0.2) is 30.3 Å². The summed E-state index contributed by atoms with van der Waals surface area (Å²) in [6, 6.07) is 7.75. The molecule has 0 saturated carbocycles. The zero-order valence-corrected chi connectivity index (χ0v) is 42.7. The zero-order chi connectivity index (χ0) is 47.6. The molecule has 1 aromatic carbocycles. The monoisotopic (exact) mass is 922 g/mol. The SMILES string of the molecule is CC[C@H](C)[C@@H]([C@@H](CC(=O)N1CCC[C@H]1[C@H](OC)[C@@H](C)C(=O)C[C@H](C)[C@@H](O)c1ccccc1)OC)N(C)C(=O)[C@@H](CC(=O)[C@H](C(C)C)N(C)C(=O)OCCSSCCC(C)C)C(C)C. The molecule has 1 aliphatic heterocycles. The van der Waals surface area contributed by atoms with Crippen molar-refractivity contribution in [2.75, 3.05) is 53.0 Å². The van der Waals surface area contributed by atoms with Gasteiger partial charge >= 0.3 is 6.09 Å². The van der Waals surface area contributed by atoms with E-state index in [9.17, 15) is 29.1 Å². The third-order valence-corrected chi connectivity index (χ3v) is 15.4. The number of aliphatic hydroxyl groups is 1. The average molecular weight is 922 g/mol. The van der Waals surface area contributed by atoms with Crippen LogP contribution in [0.5, 0.6) is 0 Å². The zero-order valence-electron chi connectivity index (χ0n) is 41.0. The predicted molar refractivity (Wildman–Crippen MR) is 256 cm³/mol. The number of amides is 3. The number of carbonyl (C=O) groups is 5. The summed E-state index contributed by atoms with van der Waals surface area (Å²) in [7, 11) is 9.90. The molecule has 0 bridgehead atoms. The van der Waals surface area contributed by atoms with Crippen LogP contribution < -0.4 is 0 Å². The molecule has 0 radical (unpaired) electrons. The van der Waals surface area contributed by atoms with Crippen LogP contribution in [0.4, 0.5) is 4.79 Å². The van der Waals surface area contributed by atoms with Crippen molar-refractivity contribution >= 4 is 51.1 Å². The first-order valence-corrected chi connectivity index (χ1v) is 25.8. The van der Waals surface area contributed by atoms with Gasteiger partial charge in [0.25, 0.3) is 0 Å². The lowest BCUT2D eigenvalue weighted by molar-refractivity contribution is -0.149. The molecule has 14 heteroatoms. The van der Waals surface area contributed by atoms with E-state index in [1.54, 1.807) is 54.8 Å². The lowest BCUT2D eigenvalue weighted by Crippen LogP contribution is -2.54. The van der Waals surface area contributed by atoms with Crippen LogP contribution >= 0.6 is 21.6 Å². The molecule has 1 aromatic rings. The number of hydrogen-bond donors (Lipinski definition) is 1. The number of aliphatic hydroxyl groups excluding tert-OH is 1. The Morgan fingerprint density at radius 1 is 0.810 bits per heavy atom. The van der Waals surface area contributed by atoms with Crippen LogP contribution in [0.1, 0.15) is 126 Å². The van der Waals surface area contributed by atoms with Gasteiger partial charge in [-0.2, -0.15) is 0 Å². The van der Waals surface area contributed by atoms with Gasteiger partial charge in [-0.05, 0) is 54.4 Å². The van der Waals surface area contributed by atoms with E-state index in [4.69, 9.17) is 14.2 Å². The standard InChI is InChI=1S/C49H83N3O9S2/c1-15-34(8)45(50(11)48(57)38(32(4)5)29-41(54)44(33(6)7)51(12)49(58)61-25-27-63-62-26-23-31(2)3)42(59-13)30-43(55)52-24-19-22-39(52)47(60-14)36(10)40(53)28-35(9)46(56)37-20-17-16-18-21-37/h16-18,20-21,31-36,38-39,42,44-47,56H,15,19,22-30H2,1-14H3/t34-,35-,36-,38-,39-,42+,44-,45-,46+,47+/m0/s1. The van der Waals surface area contributed by atoms with E-state index >= 15 is 0 Å². The summed E-state index contributed by atoms with van der Waals surface area (Å²) in [4.78, 5) is 74.7.